The van der Waals surface area contributed by atoms with E-state index in [1.807, 2.05) is 71.7 Å². The fourth-order valence-corrected chi connectivity index (χ4v) is 9.38. The van der Waals surface area contributed by atoms with Crippen LogP contribution in [0, 0.1) is 5.92 Å². The predicted molar refractivity (Wildman–Crippen MR) is 244 cm³/mol. The molecule has 0 radical (unpaired) electrons. The number of Topliss-reactive ketones (excluding diaryl/α,β-unsaturated/α-hetero) is 1. The van der Waals surface area contributed by atoms with Crippen LogP contribution in [0.15, 0.2) is 101 Å². The van der Waals surface area contributed by atoms with Crippen molar-refractivity contribution in [1.29, 1.82) is 0 Å². The Balaban J connectivity index is 0.905. The number of methoxy groups -OCH3 is 2. The molecular formula is C51H49N5O7. The maximum atomic E-state index is 14.0. The highest BCUT2D eigenvalue weighted by molar-refractivity contribution is 6.16. The first-order chi connectivity index (χ1) is 30.8. The monoisotopic (exact) mass is 843 g/mol. The lowest BCUT2D eigenvalue weighted by molar-refractivity contribution is -0.125. The van der Waals surface area contributed by atoms with E-state index in [-0.39, 0.29) is 43.0 Å². The van der Waals surface area contributed by atoms with Crippen LogP contribution in [0.5, 0.6) is 23.0 Å². The van der Waals surface area contributed by atoms with Crippen molar-refractivity contribution < 1.29 is 33.3 Å². The lowest BCUT2D eigenvalue weighted by Crippen LogP contribution is -2.37. The summed E-state index contributed by atoms with van der Waals surface area (Å²) < 4.78 is 24.6. The van der Waals surface area contributed by atoms with Crippen LogP contribution in [0.25, 0.3) is 0 Å². The molecule has 4 heterocycles. The van der Waals surface area contributed by atoms with Gasteiger partial charge in [0.05, 0.1) is 48.8 Å². The number of carbonyl (C=O) groups is 3. The highest BCUT2D eigenvalue weighted by Crippen LogP contribution is 2.43. The molecule has 320 valence electrons. The molecule has 1 fully saturated rings. The first-order valence-electron chi connectivity index (χ1n) is 21.7. The van der Waals surface area contributed by atoms with E-state index in [1.165, 1.54) is 0 Å². The standard InChI is InChI=1S/C51H49N5O7/c1-54(17-9-16-45(57)33-12-8-13-33)36-19-31(29-62-48-25-41-39(23-46(48)60-2)50(58)55-37(27-52-41)21-34-10-4-6-14-43(34)55)18-32(20-36)30-63-49-26-42-40(24-47(49)61-3)51(59)56-38(28-53-42)22-35-11-5-7-15-44(35)56/h4-7,10-11,14-15,18-20,23-28,33,37-38H,8-9,12-13,16-17,21-22,29-30H2,1-3H3/t37-,38-/m0/s1. The summed E-state index contributed by atoms with van der Waals surface area (Å²) >= 11 is 0. The lowest BCUT2D eigenvalue weighted by atomic mass is 9.81. The molecule has 12 nitrogen and oxygen atoms in total. The molecule has 5 aromatic carbocycles. The Kier molecular flexibility index (Phi) is 10.7. The molecule has 0 aromatic heterocycles. The van der Waals surface area contributed by atoms with Gasteiger partial charge in [-0.2, -0.15) is 0 Å². The highest BCUT2D eigenvalue weighted by atomic mass is 16.5. The Morgan fingerprint density at radius 1 is 0.683 bits per heavy atom. The van der Waals surface area contributed by atoms with E-state index in [0.29, 0.717) is 77.1 Å². The van der Waals surface area contributed by atoms with Crippen LogP contribution < -0.4 is 33.6 Å². The van der Waals surface area contributed by atoms with Crippen LogP contribution in [0.1, 0.15) is 75.1 Å². The number of anilines is 3. The number of hydrogen-bond acceptors (Lipinski definition) is 10. The molecule has 1 aliphatic carbocycles. The lowest BCUT2D eigenvalue weighted by Gasteiger charge is -2.25. The van der Waals surface area contributed by atoms with E-state index in [1.54, 1.807) is 38.5 Å². The summed E-state index contributed by atoms with van der Waals surface area (Å²) in [7, 11) is 5.16. The Morgan fingerprint density at radius 2 is 1.19 bits per heavy atom. The van der Waals surface area contributed by atoms with Crippen molar-refractivity contribution in [2.75, 3.05) is 42.5 Å². The number of amides is 2. The summed E-state index contributed by atoms with van der Waals surface area (Å²) in [6.07, 6.45) is 9.58. The summed E-state index contributed by atoms with van der Waals surface area (Å²) in [5.74, 6) is 2.11. The van der Waals surface area contributed by atoms with Crippen molar-refractivity contribution in [2.24, 2.45) is 15.9 Å². The van der Waals surface area contributed by atoms with Crippen molar-refractivity contribution in [3.05, 3.63) is 124 Å². The number of hydrogen-bond donors (Lipinski definition) is 0. The SMILES string of the molecule is COc1cc2c(cc1OCc1cc(COc3cc4c(cc3OC)C(=O)N3c5ccccc5C[C@H]3C=N4)cc(N(C)CCCC(=O)C3CCC3)c1)N=C[C@@H]1Cc3ccccc3N1C2=O. The van der Waals surface area contributed by atoms with Gasteiger partial charge in [-0.25, -0.2) is 0 Å². The number of ether oxygens (including phenoxy) is 4. The maximum absolute atomic E-state index is 14.0. The molecule has 2 amide bonds. The summed E-state index contributed by atoms with van der Waals surface area (Å²) in [5.41, 5.74) is 8.67. The predicted octanol–water partition coefficient (Wildman–Crippen LogP) is 9.02. The Bertz CT molecular complexity index is 2550. The molecule has 63 heavy (non-hydrogen) atoms. The molecule has 5 aromatic rings. The summed E-state index contributed by atoms with van der Waals surface area (Å²) in [6, 6.07) is 28.8. The summed E-state index contributed by atoms with van der Waals surface area (Å²) in [4.78, 5) is 56.1. The second-order valence-corrected chi connectivity index (χ2v) is 17.0. The molecule has 4 aliphatic heterocycles. The minimum absolute atomic E-state index is 0.132. The van der Waals surface area contributed by atoms with Gasteiger partial charge in [-0.05, 0) is 84.0 Å². The fourth-order valence-electron chi connectivity index (χ4n) is 9.38. The zero-order valence-electron chi connectivity index (χ0n) is 35.7. The Labute approximate surface area is 366 Å². The second kappa shape index (κ2) is 16.7. The van der Waals surface area contributed by atoms with E-state index < -0.39 is 0 Å². The highest BCUT2D eigenvalue weighted by Gasteiger charge is 2.38. The number of fused-ring (bicyclic) bond motifs is 8. The van der Waals surface area contributed by atoms with Gasteiger partial charge in [0, 0.05) is 80.4 Å². The average molecular weight is 844 g/mol. The van der Waals surface area contributed by atoms with Crippen molar-refractivity contribution in [3.63, 3.8) is 0 Å². The first kappa shape index (κ1) is 40.1. The smallest absolute Gasteiger partial charge is 0.261 e. The van der Waals surface area contributed by atoms with Gasteiger partial charge in [-0.3, -0.25) is 34.2 Å². The van der Waals surface area contributed by atoms with Gasteiger partial charge >= 0.3 is 0 Å². The third kappa shape index (κ3) is 7.57. The summed E-state index contributed by atoms with van der Waals surface area (Å²) in [6.45, 7) is 1.07. The van der Waals surface area contributed by atoms with Crippen LogP contribution in [0.2, 0.25) is 0 Å². The van der Waals surface area contributed by atoms with Crippen LogP contribution in [0.4, 0.5) is 28.4 Å². The number of ketones is 1. The quantitative estimate of drug-likeness (QED) is 0.109. The number of aliphatic imine (C=N–C) groups is 2. The summed E-state index contributed by atoms with van der Waals surface area (Å²) in [5, 5.41) is 0. The van der Waals surface area contributed by atoms with Gasteiger partial charge in [0.15, 0.2) is 23.0 Å². The van der Waals surface area contributed by atoms with Crippen molar-refractivity contribution in [2.45, 2.75) is 70.2 Å². The normalized spacial score (nSPS) is 18.0. The number of carbonyl (C=O) groups excluding carboxylic acids is 3. The van der Waals surface area contributed by atoms with E-state index in [0.717, 1.165) is 65.0 Å². The number of para-hydroxylation sites is 2. The van der Waals surface area contributed by atoms with Gasteiger partial charge in [0.2, 0.25) is 0 Å². The minimum Gasteiger partial charge on any atom is -0.493 e. The van der Waals surface area contributed by atoms with Crippen molar-refractivity contribution >= 4 is 58.5 Å². The van der Waals surface area contributed by atoms with Gasteiger partial charge in [-0.15, -0.1) is 0 Å². The Hall–Kier alpha value is -6.95. The molecule has 0 N–H and O–H groups in total. The van der Waals surface area contributed by atoms with Crippen molar-refractivity contribution in [1.82, 2.24) is 0 Å². The molecule has 5 aliphatic rings. The topological polar surface area (TPSA) is 123 Å². The molecule has 0 bridgehead atoms. The largest absolute Gasteiger partial charge is 0.493 e. The zero-order chi connectivity index (χ0) is 43.2. The van der Waals surface area contributed by atoms with Crippen molar-refractivity contribution in [3.8, 4) is 23.0 Å². The average Bonchev–Trinajstić information content (AvgIpc) is 3.77. The molecule has 12 heteroatoms. The van der Waals surface area contributed by atoms with Gasteiger partial charge in [-0.1, -0.05) is 42.8 Å². The van der Waals surface area contributed by atoms with Crippen LogP contribution in [-0.4, -0.2) is 69.9 Å². The van der Waals surface area contributed by atoms with E-state index in [2.05, 4.69) is 29.2 Å². The second-order valence-electron chi connectivity index (χ2n) is 17.0. The molecule has 0 unspecified atom stereocenters. The third-order valence-corrected chi connectivity index (χ3v) is 13.0. The van der Waals surface area contributed by atoms with E-state index in [9.17, 15) is 14.4 Å². The maximum Gasteiger partial charge on any atom is 0.261 e. The van der Waals surface area contributed by atoms with Gasteiger partial charge in [0.1, 0.15) is 19.0 Å². The van der Waals surface area contributed by atoms with Crippen LogP contribution in [-0.2, 0) is 30.8 Å². The third-order valence-electron chi connectivity index (χ3n) is 13.0. The molecular weight excluding hydrogens is 795 g/mol. The molecule has 10 rings (SSSR count). The van der Waals surface area contributed by atoms with Gasteiger partial charge in [0.25, 0.3) is 11.8 Å². The molecule has 0 saturated heterocycles. The zero-order valence-corrected chi connectivity index (χ0v) is 35.7. The number of nitrogens with zero attached hydrogens (tertiary/aromatic N) is 5. The molecule has 1 saturated carbocycles. The minimum atomic E-state index is -0.175. The number of benzene rings is 5. The fraction of sp³-hybridized carbons (Fsp3) is 0.314. The van der Waals surface area contributed by atoms with Gasteiger partial charge < -0.3 is 23.8 Å². The Morgan fingerprint density at radius 3 is 1.67 bits per heavy atom. The molecule has 2 atom stereocenters. The van der Waals surface area contributed by atoms with E-state index >= 15 is 0 Å². The number of rotatable bonds is 14. The van der Waals surface area contributed by atoms with E-state index in [4.69, 9.17) is 28.9 Å². The van der Waals surface area contributed by atoms with Crippen LogP contribution >= 0.6 is 0 Å². The van der Waals surface area contributed by atoms with Crippen LogP contribution in [0.3, 0.4) is 0 Å². The first-order valence-corrected chi connectivity index (χ1v) is 21.7. The molecule has 0 spiro atoms.